The van der Waals surface area contributed by atoms with Gasteiger partial charge in [-0.15, -0.1) is 0 Å². The van der Waals surface area contributed by atoms with Gasteiger partial charge in [-0.05, 0) is 63.1 Å². The van der Waals surface area contributed by atoms with E-state index in [2.05, 4.69) is 53.3 Å². The minimum absolute atomic E-state index is 0.0274. The summed E-state index contributed by atoms with van der Waals surface area (Å²) in [7, 11) is 0. The lowest BCUT2D eigenvalue weighted by molar-refractivity contribution is -0.118. The van der Waals surface area contributed by atoms with E-state index in [4.69, 9.17) is 9.84 Å². The highest BCUT2D eigenvalue weighted by atomic mass is 16.5. The molecule has 1 aliphatic rings. The molecule has 1 saturated heterocycles. The standard InChI is InChI=1S/C25H33N5O2/c1-18(2)32-22-9-4-7-20(15-22)16-29-13-6-8-21(17-29)24-23-10-5-11-27-25(23)30(28-24)14-12-26-19(3)31/h4-5,7,9-11,15,18,21H,6,8,12-14,16-17H2,1-3H3,(H,26,31). The minimum Gasteiger partial charge on any atom is -0.491 e. The summed E-state index contributed by atoms with van der Waals surface area (Å²) < 4.78 is 7.80. The van der Waals surface area contributed by atoms with Crippen molar-refractivity contribution in [1.82, 2.24) is 25.0 Å². The van der Waals surface area contributed by atoms with Gasteiger partial charge in [0.1, 0.15) is 5.75 Å². The maximum Gasteiger partial charge on any atom is 0.216 e. The van der Waals surface area contributed by atoms with Gasteiger partial charge in [-0.2, -0.15) is 5.10 Å². The highest BCUT2D eigenvalue weighted by molar-refractivity contribution is 5.79. The maximum atomic E-state index is 11.2. The van der Waals surface area contributed by atoms with Crippen LogP contribution in [0.5, 0.6) is 5.75 Å². The van der Waals surface area contributed by atoms with Gasteiger partial charge in [-0.3, -0.25) is 9.69 Å². The highest BCUT2D eigenvalue weighted by Gasteiger charge is 2.26. The number of fused-ring (bicyclic) bond motifs is 1. The number of rotatable bonds is 8. The Hall–Kier alpha value is -2.93. The summed E-state index contributed by atoms with van der Waals surface area (Å²) in [6, 6.07) is 12.5. The summed E-state index contributed by atoms with van der Waals surface area (Å²) in [4.78, 5) is 18.3. The third kappa shape index (κ3) is 5.46. The van der Waals surface area contributed by atoms with Crippen LogP contribution in [0.3, 0.4) is 0 Å². The SMILES string of the molecule is CC(=O)NCCn1nc(C2CCCN(Cc3cccc(OC(C)C)c3)C2)c2cccnc21. The van der Waals surface area contributed by atoms with Crippen LogP contribution in [0.2, 0.25) is 0 Å². The number of hydrogen-bond donors (Lipinski definition) is 1. The van der Waals surface area contributed by atoms with Gasteiger partial charge in [-0.1, -0.05) is 12.1 Å². The number of likely N-dealkylation sites (tertiary alicyclic amines) is 1. The van der Waals surface area contributed by atoms with E-state index >= 15 is 0 Å². The van der Waals surface area contributed by atoms with Crippen LogP contribution in [-0.2, 0) is 17.9 Å². The number of hydrogen-bond acceptors (Lipinski definition) is 5. The number of pyridine rings is 1. The average Bonchev–Trinajstić information content (AvgIpc) is 3.12. The van der Waals surface area contributed by atoms with Crippen molar-refractivity contribution in [2.24, 2.45) is 0 Å². The van der Waals surface area contributed by atoms with Crippen LogP contribution >= 0.6 is 0 Å². The van der Waals surface area contributed by atoms with Gasteiger partial charge < -0.3 is 10.1 Å². The van der Waals surface area contributed by atoms with Crippen LogP contribution in [0.1, 0.15) is 50.8 Å². The summed E-state index contributed by atoms with van der Waals surface area (Å²) in [6.45, 7) is 9.77. The molecule has 170 valence electrons. The molecule has 1 aromatic carbocycles. The molecule has 4 rings (SSSR count). The number of benzene rings is 1. The Morgan fingerprint density at radius 3 is 2.97 bits per heavy atom. The summed E-state index contributed by atoms with van der Waals surface area (Å²) in [5, 5.41) is 8.93. The van der Waals surface area contributed by atoms with Gasteiger partial charge in [0.05, 0.1) is 18.3 Å². The summed E-state index contributed by atoms with van der Waals surface area (Å²) in [5.41, 5.74) is 3.29. The molecule has 1 aliphatic heterocycles. The van der Waals surface area contributed by atoms with Crippen molar-refractivity contribution >= 4 is 16.9 Å². The molecule has 1 N–H and O–H groups in total. The van der Waals surface area contributed by atoms with Crippen molar-refractivity contribution in [2.75, 3.05) is 19.6 Å². The monoisotopic (exact) mass is 435 g/mol. The molecule has 0 bridgehead atoms. The quantitative estimate of drug-likeness (QED) is 0.584. The molecule has 1 fully saturated rings. The summed E-state index contributed by atoms with van der Waals surface area (Å²) in [6.07, 6.45) is 4.25. The molecule has 7 nitrogen and oxygen atoms in total. The number of nitrogens with zero attached hydrogens (tertiary/aromatic N) is 4. The van der Waals surface area contributed by atoms with Crippen LogP contribution in [0.4, 0.5) is 0 Å². The Morgan fingerprint density at radius 2 is 2.16 bits per heavy atom. The van der Waals surface area contributed by atoms with Crippen molar-refractivity contribution in [1.29, 1.82) is 0 Å². The van der Waals surface area contributed by atoms with Crippen LogP contribution < -0.4 is 10.1 Å². The third-order valence-electron chi connectivity index (χ3n) is 5.80. The average molecular weight is 436 g/mol. The molecule has 0 spiro atoms. The van der Waals surface area contributed by atoms with E-state index in [1.807, 2.05) is 23.0 Å². The molecule has 3 heterocycles. The molecule has 3 aromatic rings. The molecule has 2 aromatic heterocycles. The Bertz CT molecular complexity index is 1060. The first-order chi connectivity index (χ1) is 15.5. The number of nitrogens with one attached hydrogen (secondary N) is 1. The van der Waals surface area contributed by atoms with Crippen molar-refractivity contribution in [3.63, 3.8) is 0 Å². The Labute approximate surface area is 189 Å². The lowest BCUT2D eigenvalue weighted by Gasteiger charge is -2.32. The number of piperidine rings is 1. The van der Waals surface area contributed by atoms with E-state index < -0.39 is 0 Å². The smallest absolute Gasteiger partial charge is 0.216 e. The summed E-state index contributed by atoms with van der Waals surface area (Å²) >= 11 is 0. The zero-order chi connectivity index (χ0) is 22.5. The first kappa shape index (κ1) is 22.3. The topological polar surface area (TPSA) is 72.3 Å². The summed E-state index contributed by atoms with van der Waals surface area (Å²) in [5.74, 6) is 1.27. The maximum absolute atomic E-state index is 11.2. The van der Waals surface area contributed by atoms with Gasteiger partial charge >= 0.3 is 0 Å². The second kappa shape index (κ2) is 10.1. The fourth-order valence-electron chi connectivity index (χ4n) is 4.50. The highest BCUT2D eigenvalue weighted by Crippen LogP contribution is 2.31. The Morgan fingerprint density at radius 1 is 1.28 bits per heavy atom. The van der Waals surface area contributed by atoms with E-state index in [9.17, 15) is 4.79 Å². The van der Waals surface area contributed by atoms with Gasteiger partial charge in [0.2, 0.25) is 5.91 Å². The molecular weight excluding hydrogens is 402 g/mol. The molecule has 1 amide bonds. The number of aromatic nitrogens is 3. The molecular formula is C25H33N5O2. The molecule has 7 heteroatoms. The van der Waals surface area contributed by atoms with Crippen LogP contribution in [0.25, 0.3) is 11.0 Å². The van der Waals surface area contributed by atoms with Crippen LogP contribution in [0, 0.1) is 0 Å². The Kier molecular flexibility index (Phi) is 7.05. The van der Waals surface area contributed by atoms with Crippen LogP contribution in [-0.4, -0.2) is 51.3 Å². The Balaban J connectivity index is 1.49. The van der Waals surface area contributed by atoms with E-state index in [1.54, 1.807) is 0 Å². The van der Waals surface area contributed by atoms with Crippen molar-refractivity contribution in [2.45, 2.75) is 58.7 Å². The minimum atomic E-state index is -0.0274. The number of amides is 1. The van der Waals surface area contributed by atoms with Gasteiger partial charge in [-0.25, -0.2) is 9.67 Å². The normalized spacial score (nSPS) is 17.1. The lowest BCUT2D eigenvalue weighted by Crippen LogP contribution is -2.34. The van der Waals surface area contributed by atoms with E-state index in [-0.39, 0.29) is 12.0 Å². The van der Waals surface area contributed by atoms with Gasteiger partial charge in [0.25, 0.3) is 0 Å². The predicted octanol–water partition coefficient (Wildman–Crippen LogP) is 3.73. The molecule has 0 aliphatic carbocycles. The van der Waals surface area contributed by atoms with E-state index in [1.165, 1.54) is 12.5 Å². The zero-order valence-electron chi connectivity index (χ0n) is 19.3. The van der Waals surface area contributed by atoms with Gasteiger partial charge in [0, 0.05) is 44.1 Å². The largest absolute Gasteiger partial charge is 0.491 e. The predicted molar refractivity (Wildman–Crippen MR) is 126 cm³/mol. The molecule has 1 unspecified atom stereocenters. The van der Waals surface area contributed by atoms with E-state index in [0.29, 0.717) is 19.0 Å². The van der Waals surface area contributed by atoms with Crippen molar-refractivity contribution in [3.05, 3.63) is 53.9 Å². The van der Waals surface area contributed by atoms with Crippen molar-refractivity contribution in [3.8, 4) is 5.75 Å². The number of ether oxygens (including phenoxy) is 1. The first-order valence-electron chi connectivity index (χ1n) is 11.5. The fraction of sp³-hybridized carbons (Fsp3) is 0.480. The lowest BCUT2D eigenvalue weighted by atomic mass is 9.93. The number of carbonyl (C=O) groups excluding carboxylic acids is 1. The van der Waals surface area contributed by atoms with E-state index in [0.717, 1.165) is 55.0 Å². The fourth-order valence-corrected chi connectivity index (χ4v) is 4.50. The van der Waals surface area contributed by atoms with Gasteiger partial charge in [0.15, 0.2) is 5.65 Å². The second-order valence-electron chi connectivity index (χ2n) is 8.85. The second-order valence-corrected chi connectivity index (χ2v) is 8.85. The number of carbonyl (C=O) groups is 1. The molecule has 0 radical (unpaired) electrons. The zero-order valence-corrected chi connectivity index (χ0v) is 19.3. The van der Waals surface area contributed by atoms with Crippen molar-refractivity contribution < 1.29 is 9.53 Å². The molecule has 32 heavy (non-hydrogen) atoms. The van der Waals surface area contributed by atoms with Crippen LogP contribution in [0.15, 0.2) is 42.6 Å². The first-order valence-corrected chi connectivity index (χ1v) is 11.5. The molecule has 1 atom stereocenters. The molecule has 0 saturated carbocycles. The third-order valence-corrected chi connectivity index (χ3v) is 5.80.